The number of rotatable bonds is 2. The molecule has 5 nitrogen and oxygen atoms in total. The lowest BCUT2D eigenvalue weighted by Gasteiger charge is -2.04. The first-order chi connectivity index (χ1) is 6.11. The Balaban J connectivity index is 3.04. The monoisotopic (exact) mass is 180 g/mol. The van der Waals surface area contributed by atoms with Crippen molar-refractivity contribution in [3.8, 4) is 5.75 Å². The van der Waals surface area contributed by atoms with E-state index in [1.807, 2.05) is 0 Å². The molecule has 0 spiro atoms. The third kappa shape index (κ3) is 2.19. The van der Waals surface area contributed by atoms with Gasteiger partial charge in [0, 0.05) is 0 Å². The third-order valence-electron chi connectivity index (χ3n) is 1.34. The Morgan fingerprint density at radius 2 is 2.08 bits per heavy atom. The van der Waals surface area contributed by atoms with Crippen LogP contribution >= 0.6 is 0 Å². The molecular weight excluding hydrogens is 172 g/mol. The van der Waals surface area contributed by atoms with Crippen LogP contribution in [0.1, 0.15) is 10.4 Å². The van der Waals surface area contributed by atoms with E-state index < -0.39 is 12.0 Å². The second-order valence-electron chi connectivity index (χ2n) is 2.27. The van der Waals surface area contributed by atoms with Crippen molar-refractivity contribution in [2.45, 2.75) is 0 Å². The molecule has 0 aliphatic heterocycles. The molecule has 0 saturated heterocycles. The predicted molar refractivity (Wildman–Crippen MR) is 45.9 cm³/mol. The Labute approximate surface area is 74.3 Å². The molecule has 4 N–H and O–H groups in total. The van der Waals surface area contributed by atoms with Crippen LogP contribution in [0.25, 0.3) is 0 Å². The standard InChI is InChI=1S/C8H8N2O3/c9-8(10)13-6-4-2-1-3-5(6)7(11)12/h1-4H,(H3,9,10)(H,11,12). The van der Waals surface area contributed by atoms with Crippen molar-refractivity contribution in [2.75, 3.05) is 0 Å². The summed E-state index contributed by atoms with van der Waals surface area (Å²) in [7, 11) is 0. The number of carboxylic acid groups (broad SMARTS) is 1. The van der Waals surface area contributed by atoms with Crippen molar-refractivity contribution in [1.82, 2.24) is 0 Å². The lowest BCUT2D eigenvalue weighted by Crippen LogP contribution is -2.18. The molecule has 1 aromatic carbocycles. The Kier molecular flexibility index (Phi) is 2.49. The second kappa shape index (κ2) is 3.57. The number of benzene rings is 1. The summed E-state index contributed by atoms with van der Waals surface area (Å²) in [6.45, 7) is 0. The summed E-state index contributed by atoms with van der Waals surface area (Å²) in [6.07, 6.45) is 0. The number of carbonyl (C=O) groups is 1. The fourth-order valence-electron chi connectivity index (χ4n) is 0.851. The lowest BCUT2D eigenvalue weighted by molar-refractivity contribution is 0.0694. The predicted octanol–water partition coefficient (Wildman–Crippen LogP) is 0.657. The maximum absolute atomic E-state index is 10.6. The molecule has 5 heteroatoms. The fourth-order valence-corrected chi connectivity index (χ4v) is 0.851. The van der Waals surface area contributed by atoms with Crippen molar-refractivity contribution in [3.63, 3.8) is 0 Å². The quantitative estimate of drug-likeness (QED) is 0.460. The van der Waals surface area contributed by atoms with E-state index in [1.165, 1.54) is 12.1 Å². The Hall–Kier alpha value is -2.04. The van der Waals surface area contributed by atoms with Gasteiger partial charge in [0.25, 0.3) is 6.02 Å². The highest BCUT2D eigenvalue weighted by atomic mass is 16.5. The molecule has 0 heterocycles. The van der Waals surface area contributed by atoms with E-state index in [4.69, 9.17) is 16.2 Å². The van der Waals surface area contributed by atoms with E-state index in [-0.39, 0.29) is 11.3 Å². The highest BCUT2D eigenvalue weighted by molar-refractivity contribution is 5.91. The minimum absolute atomic E-state index is 0.0160. The first kappa shape index (κ1) is 9.05. The van der Waals surface area contributed by atoms with Crippen LogP contribution in [0.3, 0.4) is 0 Å². The van der Waals surface area contributed by atoms with Crippen LogP contribution < -0.4 is 10.5 Å². The molecule has 0 atom stereocenters. The van der Waals surface area contributed by atoms with Crippen LogP contribution in [-0.4, -0.2) is 17.1 Å². The number of nitrogens with two attached hydrogens (primary N) is 1. The molecule has 0 saturated carbocycles. The van der Waals surface area contributed by atoms with E-state index in [1.54, 1.807) is 12.1 Å². The van der Waals surface area contributed by atoms with E-state index in [9.17, 15) is 4.79 Å². The zero-order chi connectivity index (χ0) is 9.84. The summed E-state index contributed by atoms with van der Waals surface area (Å²) < 4.78 is 4.69. The minimum Gasteiger partial charge on any atom is -0.478 e. The van der Waals surface area contributed by atoms with Gasteiger partial charge in [-0.15, -0.1) is 0 Å². The van der Waals surface area contributed by atoms with Crippen molar-refractivity contribution in [3.05, 3.63) is 29.8 Å². The van der Waals surface area contributed by atoms with Crippen molar-refractivity contribution in [1.29, 1.82) is 5.41 Å². The largest absolute Gasteiger partial charge is 0.478 e. The topological polar surface area (TPSA) is 96.4 Å². The highest BCUT2D eigenvalue weighted by Gasteiger charge is 2.10. The lowest BCUT2D eigenvalue weighted by atomic mass is 10.2. The maximum atomic E-state index is 10.6. The Morgan fingerprint density at radius 3 is 2.62 bits per heavy atom. The second-order valence-corrected chi connectivity index (χ2v) is 2.27. The molecule has 0 aromatic heterocycles. The van der Waals surface area contributed by atoms with E-state index in [0.717, 1.165) is 0 Å². The number of carboxylic acids is 1. The normalized spacial score (nSPS) is 9.23. The van der Waals surface area contributed by atoms with Crippen molar-refractivity contribution in [2.24, 2.45) is 5.73 Å². The SMILES string of the molecule is N=C(N)Oc1ccccc1C(=O)O. The number of para-hydroxylation sites is 1. The van der Waals surface area contributed by atoms with E-state index in [0.29, 0.717) is 0 Å². The summed E-state index contributed by atoms with van der Waals surface area (Å²) in [5, 5.41) is 15.5. The van der Waals surface area contributed by atoms with Gasteiger partial charge in [-0.1, -0.05) is 12.1 Å². The number of aromatic carboxylic acids is 1. The summed E-state index contributed by atoms with van der Waals surface area (Å²) >= 11 is 0. The molecule has 0 fully saturated rings. The molecule has 0 amide bonds. The van der Waals surface area contributed by atoms with Gasteiger partial charge in [-0.2, -0.15) is 0 Å². The van der Waals surface area contributed by atoms with Crippen molar-refractivity contribution < 1.29 is 14.6 Å². The molecule has 0 aliphatic carbocycles. The smallest absolute Gasteiger partial charge is 0.339 e. The molecular formula is C8H8N2O3. The number of nitrogens with one attached hydrogen (secondary N) is 1. The van der Waals surface area contributed by atoms with Gasteiger partial charge in [-0.3, -0.25) is 5.41 Å². The van der Waals surface area contributed by atoms with Gasteiger partial charge < -0.3 is 15.6 Å². The molecule has 1 rings (SSSR count). The molecule has 0 bridgehead atoms. The summed E-state index contributed by atoms with van der Waals surface area (Å²) in [5.74, 6) is -1.04. The fraction of sp³-hybridized carbons (Fsp3) is 0. The molecule has 13 heavy (non-hydrogen) atoms. The van der Waals surface area contributed by atoms with Crippen LogP contribution in [0.5, 0.6) is 5.75 Å². The minimum atomic E-state index is -1.11. The third-order valence-corrected chi connectivity index (χ3v) is 1.34. The van der Waals surface area contributed by atoms with E-state index >= 15 is 0 Å². The van der Waals surface area contributed by atoms with Crippen molar-refractivity contribution >= 4 is 12.0 Å². The van der Waals surface area contributed by atoms with Gasteiger partial charge in [0.1, 0.15) is 11.3 Å². The van der Waals surface area contributed by atoms with Gasteiger partial charge in [0.05, 0.1) is 0 Å². The number of ether oxygens (including phenoxy) is 1. The first-order valence-corrected chi connectivity index (χ1v) is 3.45. The molecule has 0 unspecified atom stereocenters. The molecule has 1 aromatic rings. The summed E-state index contributed by atoms with van der Waals surface area (Å²) in [5.41, 5.74) is 4.95. The van der Waals surface area contributed by atoms with Gasteiger partial charge in [0.15, 0.2) is 0 Å². The Morgan fingerprint density at radius 1 is 1.46 bits per heavy atom. The molecule has 68 valence electrons. The van der Waals surface area contributed by atoms with Gasteiger partial charge in [-0.25, -0.2) is 4.79 Å². The first-order valence-electron chi connectivity index (χ1n) is 3.45. The van der Waals surface area contributed by atoms with Crippen LogP contribution in [0.2, 0.25) is 0 Å². The summed E-state index contributed by atoms with van der Waals surface area (Å²) in [4.78, 5) is 10.6. The van der Waals surface area contributed by atoms with Crippen LogP contribution in [0, 0.1) is 5.41 Å². The number of amidine groups is 1. The molecule has 0 radical (unpaired) electrons. The number of hydrogen-bond acceptors (Lipinski definition) is 3. The molecule has 0 aliphatic rings. The van der Waals surface area contributed by atoms with E-state index in [2.05, 4.69) is 4.74 Å². The average molecular weight is 180 g/mol. The average Bonchev–Trinajstić information content (AvgIpc) is 2.03. The van der Waals surface area contributed by atoms with Crippen LogP contribution in [0.15, 0.2) is 24.3 Å². The van der Waals surface area contributed by atoms with Crippen LogP contribution in [-0.2, 0) is 0 Å². The van der Waals surface area contributed by atoms with Crippen LogP contribution in [0.4, 0.5) is 0 Å². The number of hydrogen-bond donors (Lipinski definition) is 3. The summed E-state index contributed by atoms with van der Waals surface area (Å²) in [6, 6.07) is 5.45. The van der Waals surface area contributed by atoms with Gasteiger partial charge in [-0.05, 0) is 12.1 Å². The van der Waals surface area contributed by atoms with Gasteiger partial charge in [0.2, 0.25) is 0 Å². The highest BCUT2D eigenvalue weighted by Crippen LogP contribution is 2.17. The maximum Gasteiger partial charge on any atom is 0.339 e. The zero-order valence-electron chi connectivity index (χ0n) is 6.65. The van der Waals surface area contributed by atoms with Gasteiger partial charge >= 0.3 is 5.97 Å². The Bertz CT molecular complexity index is 349. The zero-order valence-corrected chi connectivity index (χ0v) is 6.65.